The topological polar surface area (TPSA) is 203 Å². The zero-order valence-corrected chi connectivity index (χ0v) is 39.4. The molecule has 4 rings (SSSR count). The van der Waals surface area contributed by atoms with Gasteiger partial charge in [-0.2, -0.15) is 0 Å². The van der Waals surface area contributed by atoms with Crippen LogP contribution in [0.5, 0.6) is 0 Å². The zero-order chi connectivity index (χ0) is 47.7. The summed E-state index contributed by atoms with van der Waals surface area (Å²) in [6.45, 7) is 9.23. The molecule has 2 aromatic carbocycles. The van der Waals surface area contributed by atoms with E-state index in [1.807, 2.05) is 19.9 Å². The van der Waals surface area contributed by atoms with E-state index in [0.29, 0.717) is 46.9 Å². The summed E-state index contributed by atoms with van der Waals surface area (Å²) in [6.07, 6.45) is 3.52. The fourth-order valence-corrected chi connectivity index (χ4v) is 8.37. The summed E-state index contributed by atoms with van der Waals surface area (Å²) in [5.41, 5.74) is -1.10. The van der Waals surface area contributed by atoms with Crippen LogP contribution in [0.1, 0.15) is 110 Å². The number of hydrogen-bond acceptors (Lipinski definition) is 11. The van der Waals surface area contributed by atoms with Crippen molar-refractivity contribution in [3.8, 4) is 0 Å². The number of Topliss-reactive ketones (excluding diaryl/α,β-unsaturated/α-hetero) is 3. The molecule has 2 aromatic rings. The lowest BCUT2D eigenvalue weighted by atomic mass is 9.74. The van der Waals surface area contributed by atoms with Crippen LogP contribution in [0.15, 0.2) is 48.5 Å². The van der Waals surface area contributed by atoms with Gasteiger partial charge >= 0.3 is 24.1 Å². The number of ether oxygens (including phenoxy) is 3. The minimum absolute atomic E-state index is 0.0177. The maximum Gasteiger partial charge on any atom is 0.413 e. The number of hydrogen-bond donors (Lipinski definition) is 2. The van der Waals surface area contributed by atoms with Crippen LogP contribution in [-0.4, -0.2) is 95.3 Å². The normalized spacial score (nSPS) is 19.2. The Labute approximate surface area is 384 Å². The first-order chi connectivity index (χ1) is 29.6. The third-order valence-electron chi connectivity index (χ3n) is 11.1. The zero-order valence-electron chi connectivity index (χ0n) is 37.2. The quantitative estimate of drug-likeness (QED) is 0.104. The number of nitrogens with zero attached hydrogens (tertiary/aromatic N) is 2. The number of amides is 3. The molecule has 0 spiro atoms. The molecule has 63 heavy (non-hydrogen) atoms. The molecule has 2 aliphatic carbocycles. The van der Waals surface area contributed by atoms with Crippen LogP contribution < -0.4 is 5.32 Å². The van der Waals surface area contributed by atoms with Gasteiger partial charge < -0.3 is 29.4 Å². The molecule has 3 amide bonds. The molecule has 0 radical (unpaired) electrons. The average Bonchev–Trinajstić information content (AvgIpc) is 3.22. The standard InChI is InChI=1S/C23H30ClNO6.C15H17Cl2NO3.C7H13NO3/c1-15(2)17(13-16(3)26)21(28)30-14-31-22(29)25(4)23(12-8-7-11-20(23)27)18-9-5-6-10-19(18)24;1-18(14(20)21-10-16)15(9-5-4-8-13(15)19)11-6-2-3-7-12(11)17;1-4(2)6(7(10)11)8-5(3)9/h5-6,9-10,15,17H,7-8,11-14H2,1-4H3;2-3,6-7H,4-5,8-10H2,1H3;4,6H,1-3H3,(H,8,9)(H,10,11)/t17-,23-;15-;6-/m000/s1. The number of carboxylic acids is 1. The second-order valence-corrected chi connectivity index (χ2v) is 17.1. The molecule has 0 aromatic heterocycles. The van der Waals surface area contributed by atoms with E-state index in [0.717, 1.165) is 25.7 Å². The highest BCUT2D eigenvalue weighted by Gasteiger charge is 2.50. The summed E-state index contributed by atoms with van der Waals surface area (Å²) in [5, 5.41) is 11.8. The van der Waals surface area contributed by atoms with Crippen LogP contribution in [0, 0.1) is 17.8 Å². The molecule has 348 valence electrons. The van der Waals surface area contributed by atoms with Crippen LogP contribution in [0.3, 0.4) is 0 Å². The van der Waals surface area contributed by atoms with Crippen molar-refractivity contribution in [3.63, 3.8) is 0 Å². The predicted octanol–water partition coefficient (Wildman–Crippen LogP) is 8.67. The number of carboxylic acid groups (broad SMARTS) is 1. The summed E-state index contributed by atoms with van der Waals surface area (Å²) < 4.78 is 15.1. The Morgan fingerprint density at radius 2 is 1.16 bits per heavy atom. The highest BCUT2D eigenvalue weighted by atomic mass is 35.5. The first-order valence-electron chi connectivity index (χ1n) is 20.7. The van der Waals surface area contributed by atoms with Gasteiger partial charge in [-0.1, -0.05) is 98.9 Å². The van der Waals surface area contributed by atoms with Crippen LogP contribution >= 0.6 is 34.8 Å². The van der Waals surface area contributed by atoms with Gasteiger partial charge in [0, 0.05) is 61.5 Å². The maximum absolute atomic E-state index is 13.0. The van der Waals surface area contributed by atoms with Gasteiger partial charge in [-0.15, -0.1) is 0 Å². The monoisotopic (exact) mass is 939 g/mol. The third-order valence-corrected chi connectivity index (χ3v) is 11.9. The van der Waals surface area contributed by atoms with Gasteiger partial charge in [-0.05, 0) is 69.4 Å². The van der Waals surface area contributed by atoms with Crippen molar-refractivity contribution in [2.24, 2.45) is 17.8 Å². The number of carbonyl (C=O) groups excluding carboxylic acids is 7. The van der Waals surface area contributed by atoms with Gasteiger partial charge in [-0.25, -0.2) is 14.4 Å². The second-order valence-electron chi connectivity index (χ2n) is 16.1. The van der Waals surface area contributed by atoms with E-state index < -0.39 is 54.0 Å². The Kier molecular flexibility index (Phi) is 22.1. The molecule has 0 aliphatic heterocycles. The SMILES string of the molecule is CC(=O)C[C@H](C(=O)OCOC(=O)N(C)[C@]1(c2ccccc2Cl)CCCCC1=O)C(C)C.CC(=O)N[C@H](C(=O)O)C(C)C.CN(C(=O)OCCl)[C@]1(c2ccccc2Cl)CCCCC1=O. The highest BCUT2D eigenvalue weighted by Crippen LogP contribution is 2.44. The molecular formula is C45H60Cl3N3O12. The van der Waals surface area contributed by atoms with E-state index >= 15 is 0 Å². The number of likely N-dealkylation sites (N-methyl/N-ethyl adjacent to an activating group) is 2. The molecule has 2 N–H and O–H groups in total. The van der Waals surface area contributed by atoms with Crippen molar-refractivity contribution in [2.45, 2.75) is 116 Å². The minimum Gasteiger partial charge on any atom is -0.480 e. The van der Waals surface area contributed by atoms with E-state index in [9.17, 15) is 38.4 Å². The van der Waals surface area contributed by atoms with E-state index in [1.165, 1.54) is 30.7 Å². The molecule has 18 heteroatoms. The smallest absolute Gasteiger partial charge is 0.413 e. The van der Waals surface area contributed by atoms with Gasteiger partial charge in [0.2, 0.25) is 12.7 Å². The summed E-state index contributed by atoms with van der Waals surface area (Å²) in [5.74, 6) is -2.94. The number of rotatable bonds is 14. The van der Waals surface area contributed by atoms with Gasteiger partial charge in [0.25, 0.3) is 0 Å². The number of halogens is 3. The Balaban J connectivity index is 0.000000366. The Bertz CT molecular complexity index is 1940. The number of ketones is 3. The molecule has 2 aliphatic rings. The second kappa shape index (κ2) is 25.5. The first kappa shape index (κ1) is 54.4. The molecule has 15 nitrogen and oxygen atoms in total. The Morgan fingerprint density at radius 3 is 1.49 bits per heavy atom. The first-order valence-corrected chi connectivity index (χ1v) is 22.0. The maximum atomic E-state index is 13.0. The molecule has 2 fully saturated rings. The lowest BCUT2D eigenvalue weighted by molar-refractivity contribution is -0.161. The number of aliphatic carboxylic acids is 1. The summed E-state index contributed by atoms with van der Waals surface area (Å²) >= 11 is 18.1. The molecule has 0 heterocycles. The number of alkyl halides is 1. The molecular weight excluding hydrogens is 881 g/mol. The van der Waals surface area contributed by atoms with Crippen LogP contribution in [-0.2, 0) is 54.1 Å². The molecule has 0 saturated heterocycles. The fraction of sp³-hybridized carbons (Fsp3) is 0.556. The van der Waals surface area contributed by atoms with E-state index in [1.54, 1.807) is 63.4 Å². The number of esters is 1. The third kappa shape index (κ3) is 14.4. The average molecular weight is 941 g/mol. The minimum atomic E-state index is -1.23. The summed E-state index contributed by atoms with van der Waals surface area (Å²) in [7, 11) is 3.05. The van der Waals surface area contributed by atoms with Crippen molar-refractivity contribution < 1.29 is 57.7 Å². The van der Waals surface area contributed by atoms with Gasteiger partial charge in [0.1, 0.15) is 22.9 Å². The van der Waals surface area contributed by atoms with Crippen LogP contribution in [0.2, 0.25) is 10.0 Å². The fourth-order valence-electron chi connectivity index (χ4n) is 7.69. The Hall–Kier alpha value is -4.73. The van der Waals surface area contributed by atoms with Crippen molar-refractivity contribution in [1.29, 1.82) is 0 Å². The van der Waals surface area contributed by atoms with Crippen molar-refractivity contribution in [2.75, 3.05) is 27.0 Å². The van der Waals surface area contributed by atoms with Crippen molar-refractivity contribution in [3.05, 3.63) is 69.7 Å². The number of nitrogens with one attached hydrogen (secondary N) is 1. The Morgan fingerprint density at radius 1 is 0.714 bits per heavy atom. The van der Waals surface area contributed by atoms with Crippen LogP contribution in [0.4, 0.5) is 9.59 Å². The van der Waals surface area contributed by atoms with Gasteiger partial charge in [0.05, 0.1) is 5.92 Å². The van der Waals surface area contributed by atoms with Crippen molar-refractivity contribution in [1.82, 2.24) is 15.1 Å². The lowest BCUT2D eigenvalue weighted by Crippen LogP contribution is -2.54. The van der Waals surface area contributed by atoms with Gasteiger partial charge in [0.15, 0.2) is 17.6 Å². The molecule has 2 saturated carbocycles. The van der Waals surface area contributed by atoms with Crippen molar-refractivity contribution >= 4 is 82.2 Å². The van der Waals surface area contributed by atoms with E-state index in [4.69, 9.17) is 54.1 Å². The highest BCUT2D eigenvalue weighted by molar-refractivity contribution is 6.32. The number of benzene rings is 2. The number of carbonyl (C=O) groups is 8. The summed E-state index contributed by atoms with van der Waals surface area (Å²) in [6, 6.07) is 13.0. The van der Waals surface area contributed by atoms with Gasteiger partial charge in [-0.3, -0.25) is 29.0 Å². The van der Waals surface area contributed by atoms with Crippen LogP contribution in [0.25, 0.3) is 0 Å². The van der Waals surface area contributed by atoms with E-state index in [2.05, 4.69) is 5.32 Å². The predicted molar refractivity (Wildman–Crippen MR) is 237 cm³/mol. The summed E-state index contributed by atoms with van der Waals surface area (Å²) in [4.78, 5) is 97.9. The molecule has 0 bridgehead atoms. The van der Waals surface area contributed by atoms with E-state index in [-0.39, 0.29) is 47.6 Å². The molecule has 0 unspecified atom stereocenters. The largest absolute Gasteiger partial charge is 0.480 e. The lowest BCUT2D eigenvalue weighted by Gasteiger charge is -2.43. The molecule has 4 atom stereocenters.